The SMILES string of the molecule is COc1ccc(/C=C(\C#N)C(=O)Nc2ccc(Cl)c([N+](=O)[O-])c2)cc1OC(=O)c1ccccc1. The Morgan fingerprint density at radius 2 is 1.82 bits per heavy atom. The minimum absolute atomic E-state index is 0.0881. The van der Waals surface area contributed by atoms with E-state index in [0.29, 0.717) is 11.1 Å². The number of hydrogen-bond donors (Lipinski definition) is 1. The zero-order chi connectivity index (χ0) is 24.7. The molecular formula is C24H16ClN3O6. The number of amides is 1. The number of nitrogens with one attached hydrogen (secondary N) is 1. The van der Waals surface area contributed by atoms with Crippen LogP contribution in [0.2, 0.25) is 5.02 Å². The van der Waals surface area contributed by atoms with Crippen molar-refractivity contribution in [2.75, 3.05) is 12.4 Å². The summed E-state index contributed by atoms with van der Waals surface area (Å²) in [6, 6.07) is 18.4. The van der Waals surface area contributed by atoms with Crippen LogP contribution in [0.3, 0.4) is 0 Å². The van der Waals surface area contributed by atoms with Crippen LogP contribution in [0.1, 0.15) is 15.9 Å². The molecule has 0 heterocycles. The number of nitriles is 1. The lowest BCUT2D eigenvalue weighted by atomic mass is 10.1. The smallest absolute Gasteiger partial charge is 0.343 e. The van der Waals surface area contributed by atoms with E-state index in [2.05, 4.69) is 5.32 Å². The van der Waals surface area contributed by atoms with E-state index in [1.807, 2.05) is 0 Å². The fraction of sp³-hybridized carbons (Fsp3) is 0.0417. The van der Waals surface area contributed by atoms with Crippen molar-refractivity contribution in [1.29, 1.82) is 5.26 Å². The average molecular weight is 478 g/mol. The van der Waals surface area contributed by atoms with Gasteiger partial charge in [-0.05, 0) is 48.0 Å². The highest BCUT2D eigenvalue weighted by Gasteiger charge is 2.17. The van der Waals surface area contributed by atoms with Crippen molar-refractivity contribution >= 4 is 40.9 Å². The van der Waals surface area contributed by atoms with Gasteiger partial charge in [-0.3, -0.25) is 14.9 Å². The quantitative estimate of drug-likeness (QED) is 0.126. The molecule has 1 amide bonds. The fourth-order valence-corrected chi connectivity index (χ4v) is 3.03. The molecule has 3 aromatic carbocycles. The highest BCUT2D eigenvalue weighted by molar-refractivity contribution is 6.32. The summed E-state index contributed by atoms with van der Waals surface area (Å²) in [4.78, 5) is 35.3. The van der Waals surface area contributed by atoms with E-state index in [1.54, 1.807) is 42.5 Å². The van der Waals surface area contributed by atoms with Crippen LogP contribution in [0.15, 0.2) is 72.3 Å². The van der Waals surface area contributed by atoms with Crippen LogP contribution in [-0.2, 0) is 4.79 Å². The molecule has 0 atom stereocenters. The van der Waals surface area contributed by atoms with Crippen LogP contribution in [0.5, 0.6) is 11.5 Å². The van der Waals surface area contributed by atoms with Crippen LogP contribution in [-0.4, -0.2) is 23.9 Å². The number of nitro groups is 1. The Hall–Kier alpha value is -4.68. The Morgan fingerprint density at radius 1 is 1.09 bits per heavy atom. The molecule has 0 spiro atoms. The first-order valence-corrected chi connectivity index (χ1v) is 10.0. The third kappa shape index (κ3) is 5.76. The maximum absolute atomic E-state index is 12.6. The number of anilines is 1. The van der Waals surface area contributed by atoms with Gasteiger partial charge in [0.15, 0.2) is 11.5 Å². The third-order valence-electron chi connectivity index (χ3n) is 4.48. The first-order valence-electron chi connectivity index (χ1n) is 9.64. The lowest BCUT2D eigenvalue weighted by Crippen LogP contribution is -2.13. The molecule has 0 aromatic heterocycles. The molecular weight excluding hydrogens is 462 g/mol. The molecule has 0 aliphatic heterocycles. The number of hydrogen-bond acceptors (Lipinski definition) is 7. The molecule has 1 N–H and O–H groups in total. The van der Waals surface area contributed by atoms with Crippen molar-refractivity contribution in [3.8, 4) is 17.6 Å². The van der Waals surface area contributed by atoms with E-state index in [1.165, 1.54) is 37.5 Å². The number of benzene rings is 3. The van der Waals surface area contributed by atoms with E-state index in [4.69, 9.17) is 21.1 Å². The van der Waals surface area contributed by atoms with Gasteiger partial charge in [-0.15, -0.1) is 0 Å². The molecule has 9 nitrogen and oxygen atoms in total. The molecule has 0 saturated heterocycles. The van der Waals surface area contributed by atoms with Gasteiger partial charge in [0, 0.05) is 11.8 Å². The molecule has 0 aliphatic carbocycles. The van der Waals surface area contributed by atoms with Gasteiger partial charge in [0.1, 0.15) is 16.7 Å². The Labute approximate surface area is 198 Å². The van der Waals surface area contributed by atoms with Crippen molar-refractivity contribution in [2.24, 2.45) is 0 Å². The van der Waals surface area contributed by atoms with Gasteiger partial charge in [0.25, 0.3) is 11.6 Å². The van der Waals surface area contributed by atoms with Crippen molar-refractivity contribution in [3.63, 3.8) is 0 Å². The second kappa shape index (κ2) is 10.8. The number of nitro benzene ring substituents is 1. The normalized spacial score (nSPS) is 10.7. The summed E-state index contributed by atoms with van der Waals surface area (Å²) < 4.78 is 10.7. The third-order valence-corrected chi connectivity index (χ3v) is 4.80. The van der Waals surface area contributed by atoms with Crippen molar-refractivity contribution in [1.82, 2.24) is 0 Å². The average Bonchev–Trinajstić information content (AvgIpc) is 2.84. The lowest BCUT2D eigenvalue weighted by Gasteiger charge is -2.10. The number of carbonyl (C=O) groups is 2. The topological polar surface area (TPSA) is 132 Å². The Morgan fingerprint density at radius 3 is 2.47 bits per heavy atom. The van der Waals surface area contributed by atoms with E-state index in [9.17, 15) is 25.0 Å². The summed E-state index contributed by atoms with van der Waals surface area (Å²) in [5.74, 6) is -1.03. The molecule has 3 aromatic rings. The van der Waals surface area contributed by atoms with Crippen LogP contribution < -0.4 is 14.8 Å². The minimum atomic E-state index is -0.794. The predicted octanol–water partition coefficient (Wildman–Crippen LogP) is 5.02. The second-order valence-corrected chi connectivity index (χ2v) is 7.12. The highest BCUT2D eigenvalue weighted by Crippen LogP contribution is 2.30. The summed E-state index contributed by atoms with van der Waals surface area (Å²) in [5.41, 5.74) is 0.129. The fourth-order valence-electron chi connectivity index (χ4n) is 2.84. The molecule has 34 heavy (non-hydrogen) atoms. The van der Waals surface area contributed by atoms with Crippen LogP contribution in [0.25, 0.3) is 6.08 Å². The van der Waals surface area contributed by atoms with Crippen molar-refractivity contribution < 1.29 is 24.0 Å². The molecule has 0 fully saturated rings. The summed E-state index contributed by atoms with van der Waals surface area (Å²) >= 11 is 5.78. The number of esters is 1. The number of rotatable bonds is 7. The zero-order valence-electron chi connectivity index (χ0n) is 17.7. The van der Waals surface area contributed by atoms with Gasteiger partial charge in [-0.2, -0.15) is 5.26 Å². The van der Waals surface area contributed by atoms with Gasteiger partial charge in [-0.1, -0.05) is 35.9 Å². The molecule has 10 heteroatoms. The Bertz CT molecular complexity index is 1330. The number of halogens is 1. The summed E-state index contributed by atoms with van der Waals surface area (Å²) in [6.07, 6.45) is 1.28. The predicted molar refractivity (Wildman–Crippen MR) is 125 cm³/mol. The number of carbonyl (C=O) groups excluding carboxylic acids is 2. The van der Waals surface area contributed by atoms with Crippen LogP contribution >= 0.6 is 11.6 Å². The summed E-state index contributed by atoms with van der Waals surface area (Å²) in [5, 5.41) is 22.8. The van der Waals surface area contributed by atoms with E-state index in [-0.39, 0.29) is 33.5 Å². The van der Waals surface area contributed by atoms with Gasteiger partial charge in [0.2, 0.25) is 0 Å². The zero-order valence-corrected chi connectivity index (χ0v) is 18.4. The minimum Gasteiger partial charge on any atom is -0.493 e. The maximum Gasteiger partial charge on any atom is 0.343 e. The molecule has 0 unspecified atom stereocenters. The molecule has 0 bridgehead atoms. The Balaban J connectivity index is 1.85. The molecule has 0 radical (unpaired) electrons. The molecule has 0 saturated carbocycles. The number of methoxy groups -OCH3 is 1. The monoisotopic (exact) mass is 477 g/mol. The van der Waals surface area contributed by atoms with Gasteiger partial charge in [0.05, 0.1) is 17.6 Å². The summed E-state index contributed by atoms with van der Waals surface area (Å²) in [7, 11) is 1.41. The summed E-state index contributed by atoms with van der Waals surface area (Å²) in [6.45, 7) is 0. The standard InChI is InChI=1S/C24H16ClN3O6/c1-33-21-10-7-15(12-22(21)34-24(30)16-5-3-2-4-6-16)11-17(14-26)23(29)27-18-8-9-19(25)20(13-18)28(31)32/h2-13H,1H3,(H,27,29)/b17-11+. The van der Waals surface area contributed by atoms with E-state index < -0.39 is 16.8 Å². The van der Waals surface area contributed by atoms with Gasteiger partial charge in [-0.25, -0.2) is 4.79 Å². The Kier molecular flexibility index (Phi) is 7.59. The van der Waals surface area contributed by atoms with E-state index in [0.717, 1.165) is 6.07 Å². The van der Waals surface area contributed by atoms with Crippen molar-refractivity contribution in [3.05, 3.63) is 98.6 Å². The lowest BCUT2D eigenvalue weighted by molar-refractivity contribution is -0.384. The largest absolute Gasteiger partial charge is 0.493 e. The first-order chi connectivity index (χ1) is 16.3. The van der Waals surface area contributed by atoms with Gasteiger partial charge < -0.3 is 14.8 Å². The second-order valence-electron chi connectivity index (χ2n) is 6.71. The maximum atomic E-state index is 12.6. The number of ether oxygens (including phenoxy) is 2. The first kappa shape index (κ1) is 24.0. The molecule has 0 aliphatic rings. The van der Waals surface area contributed by atoms with Crippen LogP contribution in [0.4, 0.5) is 11.4 Å². The molecule has 170 valence electrons. The van der Waals surface area contributed by atoms with Crippen molar-refractivity contribution in [2.45, 2.75) is 0 Å². The van der Waals surface area contributed by atoms with Crippen LogP contribution in [0, 0.1) is 21.4 Å². The number of nitrogens with zero attached hydrogens (tertiary/aromatic N) is 2. The van der Waals surface area contributed by atoms with E-state index >= 15 is 0 Å². The highest BCUT2D eigenvalue weighted by atomic mass is 35.5. The van der Waals surface area contributed by atoms with Gasteiger partial charge >= 0.3 is 5.97 Å². The molecule has 3 rings (SSSR count).